The molecule has 12 heteroatoms. The number of hydrogen-bond donors (Lipinski definition) is 1. The predicted octanol–water partition coefficient (Wildman–Crippen LogP) is 1.53. The number of imidazole rings is 1. The van der Waals surface area contributed by atoms with E-state index in [0.29, 0.717) is 43.1 Å². The minimum atomic E-state index is -3.71. The molecule has 0 radical (unpaired) electrons. The van der Waals surface area contributed by atoms with E-state index in [2.05, 4.69) is 24.8 Å². The molecule has 11 nitrogen and oxygen atoms in total. The van der Waals surface area contributed by atoms with Gasteiger partial charge in [-0.3, -0.25) is 9.55 Å². The number of rotatable bonds is 4. The van der Waals surface area contributed by atoms with Gasteiger partial charge in [-0.05, 0) is 39.0 Å². The maximum atomic E-state index is 13.2. The predicted molar refractivity (Wildman–Crippen MR) is 121 cm³/mol. The van der Waals surface area contributed by atoms with Crippen molar-refractivity contribution in [1.29, 1.82) is 0 Å². The number of aromatic amines is 1. The Morgan fingerprint density at radius 3 is 2.42 bits per heavy atom. The van der Waals surface area contributed by atoms with Gasteiger partial charge in [0, 0.05) is 37.9 Å². The van der Waals surface area contributed by atoms with Crippen LogP contribution >= 0.6 is 0 Å². The summed E-state index contributed by atoms with van der Waals surface area (Å²) < 4.78 is 34.7. The van der Waals surface area contributed by atoms with E-state index < -0.39 is 15.8 Å². The van der Waals surface area contributed by atoms with Crippen molar-refractivity contribution in [2.45, 2.75) is 25.7 Å². The third kappa shape index (κ3) is 3.80. The van der Waals surface area contributed by atoms with Crippen molar-refractivity contribution < 1.29 is 12.8 Å². The van der Waals surface area contributed by atoms with Crippen LogP contribution in [0.4, 0.5) is 5.82 Å². The van der Waals surface area contributed by atoms with Gasteiger partial charge in [-0.15, -0.1) is 0 Å². The standard InChI is InChI=1S/C21H23N7O4S/c1-13-14(2)28(12-22-13)20-11-19(23-15(3)24-20)26-6-8-27(9-7-26)33(30,31)16-4-5-18-17(10-16)25-21(29)32-18/h4-5,10-12H,6-9H2,1-3H3,(H,25,29). The summed E-state index contributed by atoms with van der Waals surface area (Å²) in [5.74, 6) is 1.49. The normalized spacial score (nSPS) is 15.4. The highest BCUT2D eigenvalue weighted by Crippen LogP contribution is 2.24. The SMILES string of the molecule is Cc1nc(N2CCN(S(=O)(=O)c3ccc4oc(=O)[nH]c4c3)CC2)cc(-n2cnc(C)c2C)n1. The van der Waals surface area contributed by atoms with Crippen LogP contribution in [0, 0.1) is 20.8 Å². The van der Waals surface area contributed by atoms with Crippen molar-refractivity contribution >= 4 is 26.9 Å². The summed E-state index contributed by atoms with van der Waals surface area (Å²) >= 11 is 0. The number of aromatic nitrogens is 5. The van der Waals surface area contributed by atoms with Gasteiger partial charge in [0.25, 0.3) is 0 Å². The zero-order valence-electron chi connectivity index (χ0n) is 18.4. The zero-order chi connectivity index (χ0) is 23.3. The average molecular weight is 470 g/mol. The number of nitrogens with one attached hydrogen (secondary N) is 1. The highest BCUT2D eigenvalue weighted by Gasteiger charge is 2.29. The molecule has 1 saturated heterocycles. The molecule has 0 spiro atoms. The van der Waals surface area contributed by atoms with Gasteiger partial charge in [0.2, 0.25) is 10.0 Å². The lowest BCUT2D eigenvalue weighted by molar-refractivity contribution is 0.383. The summed E-state index contributed by atoms with van der Waals surface area (Å²) in [4.78, 5) is 29.5. The van der Waals surface area contributed by atoms with Crippen molar-refractivity contribution in [1.82, 2.24) is 28.8 Å². The van der Waals surface area contributed by atoms with E-state index in [1.165, 1.54) is 22.5 Å². The monoisotopic (exact) mass is 469 g/mol. The first kappa shape index (κ1) is 21.3. The van der Waals surface area contributed by atoms with Gasteiger partial charge in [-0.2, -0.15) is 4.31 Å². The largest absolute Gasteiger partial charge is 0.417 e. The highest BCUT2D eigenvalue weighted by molar-refractivity contribution is 7.89. The molecule has 0 bridgehead atoms. The molecule has 3 aromatic heterocycles. The van der Waals surface area contributed by atoms with Gasteiger partial charge in [0.1, 0.15) is 23.8 Å². The van der Waals surface area contributed by atoms with Crippen LogP contribution in [0.2, 0.25) is 0 Å². The molecule has 1 N–H and O–H groups in total. The molecule has 172 valence electrons. The highest BCUT2D eigenvalue weighted by atomic mass is 32.2. The van der Waals surface area contributed by atoms with Crippen molar-refractivity contribution in [3.63, 3.8) is 0 Å². The lowest BCUT2D eigenvalue weighted by Gasteiger charge is -2.34. The second-order valence-electron chi connectivity index (χ2n) is 7.98. The van der Waals surface area contributed by atoms with Crippen LogP contribution < -0.4 is 10.7 Å². The summed E-state index contributed by atoms with van der Waals surface area (Å²) in [6, 6.07) is 6.27. The van der Waals surface area contributed by atoms with Crippen LogP contribution in [0.3, 0.4) is 0 Å². The number of fused-ring (bicyclic) bond motifs is 1. The summed E-state index contributed by atoms with van der Waals surface area (Å²) in [6.45, 7) is 7.36. The molecule has 4 heterocycles. The Morgan fingerprint density at radius 2 is 1.73 bits per heavy atom. The first-order valence-corrected chi connectivity index (χ1v) is 11.9. The number of H-pyrrole nitrogens is 1. The van der Waals surface area contributed by atoms with Crippen LogP contribution in [0.5, 0.6) is 0 Å². The minimum Gasteiger partial charge on any atom is -0.408 e. The molecule has 0 aliphatic carbocycles. The number of oxazole rings is 1. The fourth-order valence-electron chi connectivity index (χ4n) is 3.95. The van der Waals surface area contributed by atoms with Crippen molar-refractivity contribution in [2.75, 3.05) is 31.1 Å². The number of anilines is 1. The van der Waals surface area contributed by atoms with Gasteiger partial charge in [0.05, 0.1) is 16.1 Å². The first-order valence-electron chi connectivity index (χ1n) is 10.5. The lowest BCUT2D eigenvalue weighted by Crippen LogP contribution is -2.49. The van der Waals surface area contributed by atoms with E-state index in [0.717, 1.165) is 23.0 Å². The number of piperazine rings is 1. The molecule has 5 rings (SSSR count). The summed E-state index contributed by atoms with van der Waals surface area (Å²) in [5.41, 5.74) is 2.62. The molecule has 0 saturated carbocycles. The Morgan fingerprint density at radius 1 is 1.00 bits per heavy atom. The molecule has 1 aromatic carbocycles. The van der Waals surface area contributed by atoms with Gasteiger partial charge >= 0.3 is 5.76 Å². The third-order valence-electron chi connectivity index (χ3n) is 5.90. The van der Waals surface area contributed by atoms with Gasteiger partial charge in [-0.25, -0.2) is 28.2 Å². The molecule has 33 heavy (non-hydrogen) atoms. The molecule has 4 aromatic rings. The van der Waals surface area contributed by atoms with Gasteiger partial charge in [-0.1, -0.05) is 0 Å². The zero-order valence-corrected chi connectivity index (χ0v) is 19.3. The Labute approximate surface area is 189 Å². The molecular weight excluding hydrogens is 446 g/mol. The average Bonchev–Trinajstić information content (AvgIpc) is 3.33. The molecule has 1 fully saturated rings. The Bertz CT molecular complexity index is 1510. The summed E-state index contributed by atoms with van der Waals surface area (Å²) in [5, 5.41) is 0. The maximum absolute atomic E-state index is 13.2. The summed E-state index contributed by atoms with van der Waals surface area (Å²) in [6.07, 6.45) is 1.74. The molecule has 0 unspecified atom stereocenters. The van der Waals surface area contributed by atoms with Crippen molar-refractivity contribution in [3.05, 3.63) is 58.4 Å². The van der Waals surface area contributed by atoms with E-state index in [4.69, 9.17) is 4.42 Å². The van der Waals surface area contributed by atoms with Crippen molar-refractivity contribution in [2.24, 2.45) is 0 Å². The number of aryl methyl sites for hydroxylation is 2. The molecule has 1 aliphatic rings. The van der Waals surface area contributed by atoms with Crippen LogP contribution in [0.1, 0.15) is 17.2 Å². The molecular formula is C21H23N7O4S. The Kier molecular flexibility index (Phi) is 5.05. The first-order chi connectivity index (χ1) is 15.7. The van der Waals surface area contributed by atoms with Crippen LogP contribution in [-0.2, 0) is 10.0 Å². The van der Waals surface area contributed by atoms with E-state index in [-0.39, 0.29) is 4.90 Å². The quantitative estimate of drug-likeness (QED) is 0.476. The van der Waals surface area contributed by atoms with Gasteiger partial charge in [0.15, 0.2) is 5.58 Å². The molecule has 1 aliphatic heterocycles. The van der Waals surface area contributed by atoms with Crippen molar-refractivity contribution in [3.8, 4) is 5.82 Å². The number of hydrogen-bond acceptors (Lipinski definition) is 8. The fraction of sp³-hybridized carbons (Fsp3) is 0.333. The smallest absolute Gasteiger partial charge is 0.408 e. The number of benzene rings is 1. The minimum absolute atomic E-state index is 0.117. The van der Waals surface area contributed by atoms with E-state index in [9.17, 15) is 13.2 Å². The van der Waals surface area contributed by atoms with Gasteiger partial charge < -0.3 is 9.32 Å². The lowest BCUT2D eigenvalue weighted by atomic mass is 10.3. The van der Waals surface area contributed by atoms with E-state index in [1.807, 2.05) is 31.4 Å². The topological polar surface area (TPSA) is 130 Å². The van der Waals surface area contributed by atoms with Crippen LogP contribution in [-0.4, -0.2) is 63.4 Å². The molecule has 0 atom stereocenters. The second kappa shape index (κ2) is 7.81. The molecule has 0 amide bonds. The third-order valence-corrected chi connectivity index (χ3v) is 7.80. The number of nitrogens with zero attached hydrogens (tertiary/aromatic N) is 6. The van der Waals surface area contributed by atoms with Crippen LogP contribution in [0.15, 0.2) is 44.7 Å². The number of sulfonamides is 1. The summed E-state index contributed by atoms with van der Waals surface area (Å²) in [7, 11) is -3.71. The Balaban J connectivity index is 1.36. The van der Waals surface area contributed by atoms with E-state index in [1.54, 1.807) is 6.33 Å². The van der Waals surface area contributed by atoms with E-state index >= 15 is 0 Å². The maximum Gasteiger partial charge on any atom is 0.417 e. The fourth-order valence-corrected chi connectivity index (χ4v) is 5.40. The van der Waals surface area contributed by atoms with Crippen LogP contribution in [0.25, 0.3) is 16.9 Å². The Hall–Kier alpha value is -3.51. The second-order valence-corrected chi connectivity index (χ2v) is 9.92.